The minimum Gasteiger partial charge on any atom is -0.353 e. The fourth-order valence-corrected chi connectivity index (χ4v) is 3.82. The third-order valence-corrected chi connectivity index (χ3v) is 5.31. The predicted octanol–water partition coefficient (Wildman–Crippen LogP) is 1.99. The zero-order valence-electron chi connectivity index (χ0n) is 13.6. The summed E-state index contributed by atoms with van der Waals surface area (Å²) in [5.74, 6) is -1.31. The molecule has 2 aliphatic heterocycles. The van der Waals surface area contributed by atoms with Crippen molar-refractivity contribution in [2.24, 2.45) is 0 Å². The first-order chi connectivity index (χ1) is 11.6. The Hall–Kier alpha value is -1.95. The number of carbonyl (C=O) groups is 2. The van der Waals surface area contributed by atoms with Gasteiger partial charge in [-0.15, -0.1) is 0 Å². The van der Waals surface area contributed by atoms with Gasteiger partial charge in [-0.3, -0.25) is 9.59 Å². The van der Waals surface area contributed by atoms with Gasteiger partial charge < -0.3 is 15.5 Å². The normalized spacial score (nSPS) is 25.0. The second-order valence-corrected chi connectivity index (χ2v) is 7.09. The van der Waals surface area contributed by atoms with E-state index in [0.29, 0.717) is 11.3 Å². The van der Waals surface area contributed by atoms with Gasteiger partial charge in [0.25, 0.3) is 0 Å². The monoisotopic (exact) mass is 331 g/mol. The summed E-state index contributed by atoms with van der Waals surface area (Å²) in [6, 6.07) is 5.15. The van der Waals surface area contributed by atoms with Crippen molar-refractivity contribution in [3.8, 4) is 0 Å². The van der Waals surface area contributed by atoms with Gasteiger partial charge in [-0.25, -0.2) is 4.39 Å². The molecule has 5 nitrogen and oxygen atoms in total. The van der Waals surface area contributed by atoms with Crippen molar-refractivity contribution < 1.29 is 14.0 Å². The Morgan fingerprint density at radius 2 is 1.96 bits per heavy atom. The van der Waals surface area contributed by atoms with Crippen molar-refractivity contribution in [3.05, 3.63) is 29.6 Å². The minimum atomic E-state index is -0.532. The molecular weight excluding hydrogens is 309 g/mol. The number of nitrogens with zero attached hydrogens (tertiary/aromatic N) is 1. The lowest BCUT2D eigenvalue weighted by Gasteiger charge is -2.33. The van der Waals surface area contributed by atoms with Crippen LogP contribution in [0.15, 0.2) is 18.2 Å². The molecule has 2 N–H and O–H groups in total. The van der Waals surface area contributed by atoms with Crippen LogP contribution >= 0.6 is 0 Å². The maximum Gasteiger partial charge on any atom is 0.228 e. The van der Waals surface area contributed by atoms with Gasteiger partial charge in [-0.05, 0) is 43.4 Å². The number of amides is 2. The van der Waals surface area contributed by atoms with Crippen LogP contribution in [0.2, 0.25) is 0 Å². The molecular formula is C18H22FN3O2. The Bertz CT molecular complexity index is 666. The number of carbonyl (C=O) groups excluding carboxylic acids is 2. The van der Waals surface area contributed by atoms with Crippen LogP contribution in [0.3, 0.4) is 0 Å². The number of nitrogens with one attached hydrogen (secondary N) is 2. The molecule has 0 aromatic heterocycles. The number of hydrogen-bond donors (Lipinski definition) is 2. The number of hydrogen-bond acceptors (Lipinski definition) is 3. The van der Waals surface area contributed by atoms with E-state index in [-0.39, 0.29) is 24.3 Å². The molecule has 128 valence electrons. The molecule has 1 unspecified atom stereocenters. The molecule has 0 spiro atoms. The highest BCUT2D eigenvalue weighted by Crippen LogP contribution is 2.33. The number of halogens is 1. The van der Waals surface area contributed by atoms with E-state index in [0.717, 1.165) is 32.0 Å². The van der Waals surface area contributed by atoms with Crippen LogP contribution in [0.25, 0.3) is 0 Å². The Labute approximate surface area is 140 Å². The molecule has 0 radical (unpaired) electrons. The zero-order chi connectivity index (χ0) is 16.7. The number of anilines is 1. The molecule has 1 atom stereocenters. The summed E-state index contributed by atoms with van der Waals surface area (Å²) in [5, 5.41) is 5.75. The van der Waals surface area contributed by atoms with Crippen LogP contribution in [0.4, 0.5) is 10.1 Å². The van der Waals surface area contributed by atoms with Gasteiger partial charge in [0.1, 0.15) is 5.82 Å². The van der Waals surface area contributed by atoms with Crippen molar-refractivity contribution in [2.45, 2.75) is 50.1 Å². The van der Waals surface area contributed by atoms with Gasteiger partial charge in [0.05, 0.1) is 5.92 Å². The Morgan fingerprint density at radius 3 is 2.67 bits per heavy atom. The quantitative estimate of drug-likeness (QED) is 0.890. The number of likely N-dealkylation sites (tertiary alicyclic amines) is 1. The van der Waals surface area contributed by atoms with E-state index >= 15 is 0 Å². The summed E-state index contributed by atoms with van der Waals surface area (Å²) in [4.78, 5) is 27.0. The molecule has 1 aromatic rings. The zero-order valence-corrected chi connectivity index (χ0v) is 13.6. The summed E-state index contributed by atoms with van der Waals surface area (Å²) >= 11 is 0. The second kappa shape index (κ2) is 6.16. The van der Waals surface area contributed by atoms with Crippen molar-refractivity contribution in [2.75, 3.05) is 18.4 Å². The maximum absolute atomic E-state index is 13.4. The third-order valence-electron chi connectivity index (χ3n) is 5.31. The Balaban J connectivity index is 1.42. The van der Waals surface area contributed by atoms with Gasteiger partial charge in [0.2, 0.25) is 11.8 Å². The molecule has 2 heterocycles. The summed E-state index contributed by atoms with van der Waals surface area (Å²) < 4.78 is 13.4. The van der Waals surface area contributed by atoms with E-state index in [9.17, 15) is 14.0 Å². The number of benzene rings is 1. The molecule has 1 aromatic carbocycles. The molecule has 24 heavy (non-hydrogen) atoms. The lowest BCUT2D eigenvalue weighted by Crippen LogP contribution is -2.47. The summed E-state index contributed by atoms with van der Waals surface area (Å²) in [5.41, 5.74) is 1.11. The minimum absolute atomic E-state index is 0.116. The average Bonchev–Trinajstić information content (AvgIpc) is 3.39. The Kier molecular flexibility index (Phi) is 4.00. The van der Waals surface area contributed by atoms with E-state index in [1.54, 1.807) is 6.07 Å². The molecule has 1 saturated carbocycles. The van der Waals surface area contributed by atoms with Gasteiger partial charge in [-0.1, -0.05) is 6.07 Å². The SMILES string of the molecule is O=C1CC(C(=O)NC2CCN(C3CC3)CC2)c2ccc(F)cc2N1. The average molecular weight is 331 g/mol. The van der Waals surface area contributed by atoms with E-state index in [1.165, 1.54) is 25.0 Å². The first-order valence-electron chi connectivity index (χ1n) is 8.74. The highest BCUT2D eigenvalue weighted by molar-refractivity contribution is 6.01. The maximum atomic E-state index is 13.4. The fourth-order valence-electron chi connectivity index (χ4n) is 3.82. The van der Waals surface area contributed by atoms with E-state index in [2.05, 4.69) is 15.5 Å². The van der Waals surface area contributed by atoms with Crippen LogP contribution in [0.5, 0.6) is 0 Å². The largest absolute Gasteiger partial charge is 0.353 e. The van der Waals surface area contributed by atoms with Crippen molar-refractivity contribution in [3.63, 3.8) is 0 Å². The lowest BCUT2D eigenvalue weighted by molar-refractivity contribution is -0.127. The highest BCUT2D eigenvalue weighted by atomic mass is 19.1. The predicted molar refractivity (Wildman–Crippen MR) is 88.1 cm³/mol. The molecule has 4 rings (SSSR count). The number of fused-ring (bicyclic) bond motifs is 1. The molecule has 3 aliphatic rings. The van der Waals surface area contributed by atoms with Gasteiger partial charge in [0.15, 0.2) is 0 Å². The van der Waals surface area contributed by atoms with E-state index in [4.69, 9.17) is 0 Å². The Morgan fingerprint density at radius 1 is 1.21 bits per heavy atom. The third kappa shape index (κ3) is 3.15. The van der Waals surface area contributed by atoms with E-state index in [1.807, 2.05) is 0 Å². The smallest absolute Gasteiger partial charge is 0.228 e. The topological polar surface area (TPSA) is 61.4 Å². The molecule has 0 bridgehead atoms. The molecule has 1 saturated heterocycles. The van der Waals surface area contributed by atoms with Crippen LogP contribution in [0.1, 0.15) is 43.6 Å². The van der Waals surface area contributed by atoms with Crippen molar-refractivity contribution >= 4 is 17.5 Å². The number of piperidine rings is 1. The van der Waals surface area contributed by atoms with Crippen molar-refractivity contribution in [1.82, 2.24) is 10.2 Å². The van der Waals surface area contributed by atoms with Crippen LogP contribution in [-0.4, -0.2) is 41.9 Å². The fraction of sp³-hybridized carbons (Fsp3) is 0.556. The number of rotatable bonds is 3. The summed E-state index contributed by atoms with van der Waals surface area (Å²) in [6.45, 7) is 2.06. The summed E-state index contributed by atoms with van der Waals surface area (Å²) in [7, 11) is 0. The van der Waals surface area contributed by atoms with Crippen LogP contribution in [-0.2, 0) is 9.59 Å². The van der Waals surface area contributed by atoms with Gasteiger partial charge in [-0.2, -0.15) is 0 Å². The molecule has 6 heteroatoms. The molecule has 2 fully saturated rings. The molecule has 1 aliphatic carbocycles. The summed E-state index contributed by atoms with van der Waals surface area (Å²) in [6.07, 6.45) is 4.64. The first-order valence-corrected chi connectivity index (χ1v) is 8.74. The molecule has 2 amide bonds. The van der Waals surface area contributed by atoms with E-state index < -0.39 is 11.7 Å². The van der Waals surface area contributed by atoms with Crippen molar-refractivity contribution in [1.29, 1.82) is 0 Å². The van der Waals surface area contributed by atoms with Gasteiger partial charge in [0, 0.05) is 37.3 Å². The van der Waals surface area contributed by atoms with Gasteiger partial charge >= 0.3 is 0 Å². The second-order valence-electron chi connectivity index (χ2n) is 7.09. The van der Waals surface area contributed by atoms with Crippen LogP contribution < -0.4 is 10.6 Å². The first kappa shape index (κ1) is 15.6. The standard InChI is InChI=1S/C18H22FN3O2/c19-11-1-4-14-15(10-17(23)21-16(14)9-11)18(24)20-12-5-7-22(8-6-12)13-2-3-13/h1,4,9,12-13,15H,2-3,5-8,10H2,(H,20,24)(H,21,23). The lowest BCUT2D eigenvalue weighted by atomic mass is 9.89. The van der Waals surface area contributed by atoms with Crippen LogP contribution in [0, 0.1) is 5.82 Å². The highest BCUT2D eigenvalue weighted by Gasteiger charge is 2.35.